The second-order valence-electron chi connectivity index (χ2n) is 7.11. The number of anilines is 1. The highest BCUT2D eigenvalue weighted by Gasteiger charge is 2.31. The SMILES string of the molecule is CCOCCOCCOCC(C)Nc1cc(Oc2ccc(C(F)(F)F)cc2Cl)ccc1[N+](=O)[O-]. The van der Waals surface area contributed by atoms with Gasteiger partial charge in [-0.15, -0.1) is 0 Å². The molecule has 12 heteroatoms. The van der Waals surface area contributed by atoms with Gasteiger partial charge in [0.1, 0.15) is 17.2 Å². The normalized spacial score (nSPS) is 12.4. The number of nitro groups is 1. The van der Waals surface area contributed by atoms with E-state index >= 15 is 0 Å². The summed E-state index contributed by atoms with van der Waals surface area (Å²) in [6.07, 6.45) is -4.54. The standard InChI is InChI=1S/C22H26ClF3N2O6/c1-3-31-8-9-32-10-11-33-14-15(2)27-19-13-17(5-6-20(19)28(29)30)34-21-7-4-16(12-18(21)23)22(24,25)26/h4-7,12-13,15,27H,3,8-11,14H2,1-2H3. The van der Waals surface area contributed by atoms with Crippen LogP contribution in [-0.4, -0.2) is 50.6 Å². The number of hydrogen-bond acceptors (Lipinski definition) is 7. The van der Waals surface area contributed by atoms with Gasteiger partial charge in [-0.25, -0.2) is 0 Å². The maximum atomic E-state index is 12.8. The number of ether oxygens (including phenoxy) is 4. The molecule has 188 valence electrons. The Balaban J connectivity index is 1.98. The summed E-state index contributed by atoms with van der Waals surface area (Å²) in [4.78, 5) is 10.8. The first-order valence-electron chi connectivity index (χ1n) is 10.4. The molecule has 2 aromatic rings. The van der Waals surface area contributed by atoms with Crippen molar-refractivity contribution in [3.63, 3.8) is 0 Å². The Morgan fingerprint density at radius 2 is 1.74 bits per heavy atom. The lowest BCUT2D eigenvalue weighted by atomic mass is 10.2. The van der Waals surface area contributed by atoms with Gasteiger partial charge in [0.2, 0.25) is 0 Å². The van der Waals surface area contributed by atoms with Crippen LogP contribution < -0.4 is 10.1 Å². The van der Waals surface area contributed by atoms with Crippen molar-refractivity contribution in [2.75, 3.05) is 45.0 Å². The van der Waals surface area contributed by atoms with Crippen LogP contribution in [0.15, 0.2) is 36.4 Å². The minimum absolute atomic E-state index is 0.0183. The van der Waals surface area contributed by atoms with E-state index in [0.29, 0.717) is 33.0 Å². The van der Waals surface area contributed by atoms with Crippen LogP contribution in [0.5, 0.6) is 11.5 Å². The largest absolute Gasteiger partial charge is 0.456 e. The lowest BCUT2D eigenvalue weighted by Crippen LogP contribution is -2.23. The van der Waals surface area contributed by atoms with Crippen molar-refractivity contribution < 1.29 is 37.0 Å². The van der Waals surface area contributed by atoms with Gasteiger partial charge in [0.15, 0.2) is 0 Å². The summed E-state index contributed by atoms with van der Waals surface area (Å²) in [6.45, 7) is 6.25. The van der Waals surface area contributed by atoms with Crippen molar-refractivity contribution in [1.29, 1.82) is 0 Å². The van der Waals surface area contributed by atoms with Gasteiger partial charge in [0, 0.05) is 24.8 Å². The molecule has 2 aromatic carbocycles. The third-order valence-corrected chi connectivity index (χ3v) is 4.66. The summed E-state index contributed by atoms with van der Waals surface area (Å²) in [7, 11) is 0. The highest BCUT2D eigenvalue weighted by molar-refractivity contribution is 6.32. The van der Waals surface area contributed by atoms with Crippen molar-refractivity contribution in [2.45, 2.75) is 26.1 Å². The van der Waals surface area contributed by atoms with Crippen molar-refractivity contribution >= 4 is 23.0 Å². The van der Waals surface area contributed by atoms with Crippen LogP contribution in [0.2, 0.25) is 5.02 Å². The molecular weight excluding hydrogens is 481 g/mol. The predicted molar refractivity (Wildman–Crippen MR) is 121 cm³/mol. The quantitative estimate of drug-likeness (QED) is 0.193. The number of nitro benzene ring substituents is 1. The average molecular weight is 507 g/mol. The molecule has 0 saturated carbocycles. The smallest absolute Gasteiger partial charge is 0.416 e. The van der Waals surface area contributed by atoms with Crippen LogP contribution in [0.25, 0.3) is 0 Å². The first-order valence-corrected chi connectivity index (χ1v) is 10.8. The second kappa shape index (κ2) is 13.3. The number of hydrogen-bond donors (Lipinski definition) is 1. The van der Waals surface area contributed by atoms with Gasteiger partial charge < -0.3 is 24.3 Å². The molecule has 0 radical (unpaired) electrons. The molecule has 0 spiro atoms. The molecule has 0 amide bonds. The van der Waals surface area contributed by atoms with Gasteiger partial charge in [0.05, 0.1) is 48.5 Å². The van der Waals surface area contributed by atoms with E-state index in [1.807, 2.05) is 6.92 Å². The second-order valence-corrected chi connectivity index (χ2v) is 7.52. The van der Waals surface area contributed by atoms with Crippen molar-refractivity contribution in [3.05, 3.63) is 57.1 Å². The molecular formula is C22H26ClF3N2O6. The number of halogens is 4. The molecule has 2 rings (SSSR count). The van der Waals surface area contributed by atoms with Crippen LogP contribution in [0.3, 0.4) is 0 Å². The Kier molecular flexibility index (Phi) is 10.8. The van der Waals surface area contributed by atoms with Crippen LogP contribution in [-0.2, 0) is 20.4 Å². The minimum atomic E-state index is -4.54. The molecule has 0 aromatic heterocycles. The third-order valence-electron chi connectivity index (χ3n) is 4.37. The zero-order chi connectivity index (χ0) is 25.1. The number of rotatable bonds is 14. The summed E-state index contributed by atoms with van der Waals surface area (Å²) in [5.74, 6) is 0.140. The van der Waals surface area contributed by atoms with E-state index in [1.54, 1.807) is 6.92 Å². The van der Waals surface area contributed by atoms with Crippen LogP contribution >= 0.6 is 11.6 Å². The summed E-state index contributed by atoms with van der Waals surface area (Å²) in [5.41, 5.74) is -0.948. The zero-order valence-corrected chi connectivity index (χ0v) is 19.4. The van der Waals surface area contributed by atoms with E-state index in [0.717, 1.165) is 18.2 Å². The summed E-state index contributed by atoms with van der Waals surface area (Å²) >= 11 is 5.93. The van der Waals surface area contributed by atoms with Gasteiger partial charge in [-0.05, 0) is 38.1 Å². The van der Waals surface area contributed by atoms with Crippen LogP contribution in [0.1, 0.15) is 19.4 Å². The summed E-state index contributed by atoms with van der Waals surface area (Å²) < 4.78 is 60.0. The molecule has 1 N–H and O–H groups in total. The number of benzene rings is 2. The average Bonchev–Trinajstić information content (AvgIpc) is 2.76. The first kappa shape index (κ1) is 27.6. The fourth-order valence-electron chi connectivity index (χ4n) is 2.79. The zero-order valence-electron chi connectivity index (χ0n) is 18.7. The van der Waals surface area contributed by atoms with Gasteiger partial charge >= 0.3 is 6.18 Å². The van der Waals surface area contributed by atoms with E-state index < -0.39 is 16.7 Å². The molecule has 0 aliphatic carbocycles. The topological polar surface area (TPSA) is 92.1 Å². The molecule has 34 heavy (non-hydrogen) atoms. The number of nitrogens with one attached hydrogen (secondary N) is 1. The fourth-order valence-corrected chi connectivity index (χ4v) is 3.01. The number of nitrogens with zero attached hydrogens (tertiary/aromatic N) is 1. The molecule has 0 bridgehead atoms. The monoisotopic (exact) mass is 506 g/mol. The fraction of sp³-hybridized carbons (Fsp3) is 0.455. The molecule has 0 saturated heterocycles. The molecule has 1 atom stereocenters. The molecule has 0 fully saturated rings. The third kappa shape index (κ3) is 8.98. The molecule has 0 aliphatic rings. The number of alkyl halides is 3. The Bertz CT molecular complexity index is 945. The van der Waals surface area contributed by atoms with Crippen molar-refractivity contribution in [2.24, 2.45) is 0 Å². The Hall–Kier alpha value is -2.60. The Morgan fingerprint density at radius 3 is 2.35 bits per heavy atom. The van der Waals surface area contributed by atoms with E-state index in [1.165, 1.54) is 18.2 Å². The minimum Gasteiger partial charge on any atom is -0.456 e. The molecule has 1 unspecified atom stereocenters. The summed E-state index contributed by atoms with van der Waals surface area (Å²) in [6, 6.07) is 6.32. The van der Waals surface area contributed by atoms with E-state index in [-0.39, 0.29) is 40.5 Å². The molecule has 8 nitrogen and oxygen atoms in total. The van der Waals surface area contributed by atoms with Gasteiger partial charge in [-0.1, -0.05) is 11.6 Å². The van der Waals surface area contributed by atoms with Gasteiger partial charge in [-0.3, -0.25) is 10.1 Å². The van der Waals surface area contributed by atoms with E-state index in [9.17, 15) is 23.3 Å². The Labute approximate surface area is 200 Å². The maximum Gasteiger partial charge on any atom is 0.416 e. The highest BCUT2D eigenvalue weighted by atomic mass is 35.5. The summed E-state index contributed by atoms with van der Waals surface area (Å²) in [5, 5.41) is 14.2. The highest BCUT2D eigenvalue weighted by Crippen LogP contribution is 2.38. The maximum absolute atomic E-state index is 12.8. The lowest BCUT2D eigenvalue weighted by Gasteiger charge is -2.17. The molecule has 0 aliphatic heterocycles. The van der Waals surface area contributed by atoms with Crippen molar-refractivity contribution in [1.82, 2.24) is 0 Å². The lowest BCUT2D eigenvalue weighted by molar-refractivity contribution is -0.384. The first-order chi connectivity index (χ1) is 16.1. The van der Waals surface area contributed by atoms with E-state index in [4.69, 9.17) is 30.5 Å². The van der Waals surface area contributed by atoms with Crippen molar-refractivity contribution in [3.8, 4) is 11.5 Å². The van der Waals surface area contributed by atoms with E-state index in [2.05, 4.69) is 5.32 Å². The van der Waals surface area contributed by atoms with Gasteiger partial charge in [0.25, 0.3) is 5.69 Å². The molecule has 0 heterocycles. The predicted octanol–water partition coefficient (Wildman–Crippen LogP) is 5.93. The van der Waals surface area contributed by atoms with Crippen LogP contribution in [0, 0.1) is 10.1 Å². The van der Waals surface area contributed by atoms with Crippen LogP contribution in [0.4, 0.5) is 24.5 Å². The Morgan fingerprint density at radius 1 is 1.06 bits per heavy atom. The van der Waals surface area contributed by atoms with Gasteiger partial charge in [-0.2, -0.15) is 13.2 Å².